The average molecular weight is 381 g/mol. The third-order valence-corrected chi connectivity index (χ3v) is 6.27. The number of nitrogens with zero attached hydrogens (tertiary/aromatic N) is 2. The highest BCUT2D eigenvalue weighted by Gasteiger charge is 2.49. The van der Waals surface area contributed by atoms with E-state index in [-0.39, 0.29) is 11.3 Å². The molecule has 27 heavy (non-hydrogen) atoms. The van der Waals surface area contributed by atoms with Crippen molar-refractivity contribution in [3.63, 3.8) is 0 Å². The van der Waals surface area contributed by atoms with Gasteiger partial charge in [-0.3, -0.25) is 9.79 Å². The minimum Gasteiger partial charge on any atom is -0.378 e. The van der Waals surface area contributed by atoms with Gasteiger partial charge in [0.05, 0.1) is 6.10 Å². The number of rotatable bonds is 8. The summed E-state index contributed by atoms with van der Waals surface area (Å²) in [4.78, 5) is 18.7. The summed E-state index contributed by atoms with van der Waals surface area (Å²) in [5.41, 5.74) is 0.125. The molecule has 1 aliphatic carbocycles. The van der Waals surface area contributed by atoms with Crippen molar-refractivity contribution >= 4 is 11.9 Å². The summed E-state index contributed by atoms with van der Waals surface area (Å²) in [5, 5.41) is 6.46. The molecule has 0 bridgehead atoms. The Kier molecular flexibility index (Phi) is 8.39. The second-order valence-electron chi connectivity index (χ2n) is 8.57. The molecule has 1 heterocycles. The SMILES string of the molecule is CCCCOC1CC(NC(=NCC)N2CCC(CC(=O)NC)CC2)C1(C)C. The quantitative estimate of drug-likeness (QED) is 0.386. The third kappa shape index (κ3) is 5.84. The Morgan fingerprint density at radius 2 is 1.96 bits per heavy atom. The summed E-state index contributed by atoms with van der Waals surface area (Å²) >= 11 is 0. The molecular weight excluding hydrogens is 340 g/mol. The molecule has 2 fully saturated rings. The van der Waals surface area contributed by atoms with Crippen molar-refractivity contribution in [2.75, 3.05) is 33.3 Å². The van der Waals surface area contributed by atoms with E-state index in [9.17, 15) is 4.79 Å². The first kappa shape index (κ1) is 22.0. The van der Waals surface area contributed by atoms with Gasteiger partial charge >= 0.3 is 0 Å². The first-order valence-electron chi connectivity index (χ1n) is 10.8. The Balaban J connectivity index is 1.85. The standard InChI is InChI=1S/C21H40N4O2/c1-6-8-13-27-18-15-17(21(18,3)4)24-20(23-7-2)25-11-9-16(10-12-25)14-19(26)22-5/h16-18H,6-15H2,1-5H3,(H,22,26)(H,23,24). The molecule has 0 spiro atoms. The van der Waals surface area contributed by atoms with Crippen LogP contribution in [0.15, 0.2) is 4.99 Å². The zero-order chi connectivity index (χ0) is 19.9. The Morgan fingerprint density at radius 1 is 1.26 bits per heavy atom. The number of aliphatic imine (C=N–C) groups is 1. The fourth-order valence-electron chi connectivity index (χ4n) is 4.04. The number of carbonyl (C=O) groups excluding carboxylic acids is 1. The van der Waals surface area contributed by atoms with Crippen LogP contribution in [0.5, 0.6) is 0 Å². The molecule has 156 valence electrons. The number of hydrogen-bond acceptors (Lipinski definition) is 3. The van der Waals surface area contributed by atoms with E-state index < -0.39 is 0 Å². The van der Waals surface area contributed by atoms with E-state index in [1.807, 2.05) is 0 Å². The maximum Gasteiger partial charge on any atom is 0.220 e. The lowest BCUT2D eigenvalue weighted by Gasteiger charge is -2.52. The molecule has 1 saturated heterocycles. The number of hydrogen-bond donors (Lipinski definition) is 2. The van der Waals surface area contributed by atoms with Gasteiger partial charge < -0.3 is 20.3 Å². The van der Waals surface area contributed by atoms with Gasteiger partial charge in [-0.2, -0.15) is 0 Å². The van der Waals surface area contributed by atoms with Crippen LogP contribution in [0.1, 0.15) is 66.2 Å². The summed E-state index contributed by atoms with van der Waals surface area (Å²) in [5.74, 6) is 1.67. The maximum absolute atomic E-state index is 11.6. The van der Waals surface area contributed by atoms with Gasteiger partial charge in [0.2, 0.25) is 5.91 Å². The van der Waals surface area contributed by atoms with Crippen molar-refractivity contribution < 1.29 is 9.53 Å². The van der Waals surface area contributed by atoms with Crippen molar-refractivity contribution in [1.82, 2.24) is 15.5 Å². The fourth-order valence-corrected chi connectivity index (χ4v) is 4.04. The number of ether oxygens (including phenoxy) is 1. The Bertz CT molecular complexity index is 498. The molecule has 1 aliphatic heterocycles. The molecule has 0 aromatic heterocycles. The van der Waals surface area contributed by atoms with Crippen molar-refractivity contribution in [2.24, 2.45) is 16.3 Å². The van der Waals surface area contributed by atoms with Gasteiger partial charge in [0.15, 0.2) is 5.96 Å². The summed E-state index contributed by atoms with van der Waals surface area (Å²) in [6.45, 7) is 12.5. The molecule has 1 amide bonds. The van der Waals surface area contributed by atoms with Gasteiger partial charge in [0.1, 0.15) is 0 Å². The molecule has 0 aromatic carbocycles. The largest absolute Gasteiger partial charge is 0.378 e. The Hall–Kier alpha value is -1.30. The molecule has 1 saturated carbocycles. The van der Waals surface area contributed by atoms with Crippen molar-refractivity contribution in [3.8, 4) is 0 Å². The van der Waals surface area contributed by atoms with Crippen LogP contribution in [-0.4, -0.2) is 62.2 Å². The Morgan fingerprint density at radius 3 is 2.52 bits per heavy atom. The van der Waals surface area contributed by atoms with E-state index in [2.05, 4.69) is 43.2 Å². The normalized spacial score (nSPS) is 25.8. The molecule has 2 rings (SSSR count). The minimum absolute atomic E-state index is 0.125. The number of piperidine rings is 1. The van der Waals surface area contributed by atoms with Crippen LogP contribution >= 0.6 is 0 Å². The summed E-state index contributed by atoms with van der Waals surface area (Å²) < 4.78 is 6.08. The number of nitrogens with one attached hydrogen (secondary N) is 2. The van der Waals surface area contributed by atoms with E-state index >= 15 is 0 Å². The first-order chi connectivity index (χ1) is 12.9. The van der Waals surface area contributed by atoms with Crippen LogP contribution in [0, 0.1) is 11.3 Å². The molecule has 2 unspecified atom stereocenters. The number of guanidine groups is 1. The van der Waals surface area contributed by atoms with Crippen LogP contribution in [0.3, 0.4) is 0 Å². The first-order valence-corrected chi connectivity index (χ1v) is 10.8. The minimum atomic E-state index is 0.125. The second-order valence-corrected chi connectivity index (χ2v) is 8.57. The van der Waals surface area contributed by atoms with Crippen LogP contribution < -0.4 is 10.6 Å². The molecule has 2 aliphatic rings. The lowest BCUT2D eigenvalue weighted by atomic mass is 9.64. The van der Waals surface area contributed by atoms with Crippen LogP contribution in [0.4, 0.5) is 0 Å². The van der Waals surface area contributed by atoms with Gasteiger partial charge in [0.25, 0.3) is 0 Å². The highest BCUT2D eigenvalue weighted by molar-refractivity contribution is 5.81. The predicted octanol–water partition coefficient (Wildman–Crippen LogP) is 2.78. The molecule has 2 atom stereocenters. The van der Waals surface area contributed by atoms with E-state index in [0.29, 0.717) is 24.5 Å². The van der Waals surface area contributed by atoms with Crippen LogP contribution in [0.25, 0.3) is 0 Å². The number of unbranched alkanes of at least 4 members (excludes halogenated alkanes) is 1. The van der Waals surface area contributed by atoms with Gasteiger partial charge in [-0.1, -0.05) is 27.2 Å². The van der Waals surface area contributed by atoms with Crippen molar-refractivity contribution in [2.45, 2.75) is 78.4 Å². The topological polar surface area (TPSA) is 66.0 Å². The highest BCUT2D eigenvalue weighted by atomic mass is 16.5. The summed E-state index contributed by atoms with van der Waals surface area (Å²) in [6, 6.07) is 0.401. The average Bonchev–Trinajstić information content (AvgIpc) is 2.66. The van der Waals surface area contributed by atoms with E-state index in [1.54, 1.807) is 7.05 Å². The fraction of sp³-hybridized carbons (Fsp3) is 0.905. The highest BCUT2D eigenvalue weighted by Crippen LogP contribution is 2.43. The molecule has 0 radical (unpaired) electrons. The van der Waals surface area contributed by atoms with Crippen molar-refractivity contribution in [1.29, 1.82) is 0 Å². The predicted molar refractivity (Wildman–Crippen MR) is 111 cm³/mol. The maximum atomic E-state index is 11.6. The monoisotopic (exact) mass is 380 g/mol. The van der Waals surface area contributed by atoms with Gasteiger partial charge in [0, 0.05) is 51.2 Å². The number of likely N-dealkylation sites (tertiary alicyclic amines) is 1. The summed E-state index contributed by atoms with van der Waals surface area (Å²) in [6.07, 6.45) is 6.44. The molecular formula is C21H40N4O2. The second kappa shape index (κ2) is 10.3. The molecule has 6 nitrogen and oxygen atoms in total. The van der Waals surface area contributed by atoms with Gasteiger partial charge in [-0.15, -0.1) is 0 Å². The van der Waals surface area contributed by atoms with Gasteiger partial charge in [-0.25, -0.2) is 0 Å². The summed E-state index contributed by atoms with van der Waals surface area (Å²) in [7, 11) is 1.72. The smallest absolute Gasteiger partial charge is 0.220 e. The van der Waals surface area contributed by atoms with Crippen LogP contribution in [-0.2, 0) is 9.53 Å². The van der Waals surface area contributed by atoms with Crippen LogP contribution in [0.2, 0.25) is 0 Å². The molecule has 6 heteroatoms. The third-order valence-electron chi connectivity index (χ3n) is 6.27. The number of amides is 1. The van der Waals surface area contributed by atoms with E-state index in [0.717, 1.165) is 57.9 Å². The lowest BCUT2D eigenvalue weighted by Crippen LogP contribution is -2.64. The lowest BCUT2D eigenvalue weighted by molar-refractivity contribution is -0.121. The molecule has 2 N–H and O–H groups in total. The number of carbonyl (C=O) groups is 1. The van der Waals surface area contributed by atoms with E-state index in [1.165, 1.54) is 6.42 Å². The zero-order valence-corrected chi connectivity index (χ0v) is 18.0. The van der Waals surface area contributed by atoms with E-state index in [4.69, 9.17) is 9.73 Å². The van der Waals surface area contributed by atoms with Crippen molar-refractivity contribution in [3.05, 3.63) is 0 Å². The Labute approximate surface area is 165 Å². The van der Waals surface area contributed by atoms with Gasteiger partial charge in [-0.05, 0) is 38.5 Å². The zero-order valence-electron chi connectivity index (χ0n) is 18.0. The molecule has 0 aromatic rings.